The van der Waals surface area contributed by atoms with Crippen LogP contribution in [-0.4, -0.2) is 35.7 Å². The number of ether oxygens (including phenoxy) is 2. The van der Waals surface area contributed by atoms with E-state index in [-0.39, 0.29) is 32.0 Å². The molecule has 9 nitrogen and oxygen atoms in total. The molecular weight excluding hydrogens is 578 g/mol. The Morgan fingerprint density at radius 1 is 1.00 bits per heavy atom. The van der Waals surface area contributed by atoms with Crippen molar-refractivity contribution in [3.8, 4) is 5.75 Å². The van der Waals surface area contributed by atoms with Crippen molar-refractivity contribution >= 4 is 23.4 Å². The fourth-order valence-corrected chi connectivity index (χ4v) is 5.38. The molecule has 0 bridgehead atoms. The SMILES string of the molecule is [N-]=[N+]=NCc1ccccc1[C@H]1OC(c2ccc(OCCCO)cc2)=N[C@@]1(Cc1ccccc1)C(=O)NCc1ccccc1Cl. The Labute approximate surface area is 260 Å². The number of hydrogen-bond donors (Lipinski definition) is 2. The molecular formula is C34H32ClN5O4. The van der Waals surface area contributed by atoms with Crippen LogP contribution in [0.25, 0.3) is 10.4 Å². The first-order valence-corrected chi connectivity index (χ1v) is 14.7. The minimum Gasteiger partial charge on any atom is -0.494 e. The van der Waals surface area contributed by atoms with Gasteiger partial charge < -0.3 is 19.9 Å². The summed E-state index contributed by atoms with van der Waals surface area (Å²) in [5.74, 6) is 0.619. The second-order valence-electron chi connectivity index (χ2n) is 10.3. The number of amides is 1. The highest BCUT2D eigenvalue weighted by Gasteiger charge is 2.53. The zero-order chi connectivity index (χ0) is 30.8. The number of hydrogen-bond acceptors (Lipinski definition) is 6. The van der Waals surface area contributed by atoms with Crippen molar-refractivity contribution in [2.75, 3.05) is 13.2 Å². The molecule has 0 saturated carbocycles. The van der Waals surface area contributed by atoms with Crippen LogP contribution < -0.4 is 10.1 Å². The van der Waals surface area contributed by atoms with Crippen molar-refractivity contribution in [1.82, 2.24) is 5.32 Å². The van der Waals surface area contributed by atoms with Gasteiger partial charge in [-0.3, -0.25) is 4.79 Å². The maximum Gasteiger partial charge on any atom is 0.252 e. The minimum absolute atomic E-state index is 0.0489. The number of benzene rings is 4. The van der Waals surface area contributed by atoms with Crippen molar-refractivity contribution in [3.63, 3.8) is 0 Å². The van der Waals surface area contributed by atoms with Crippen molar-refractivity contribution in [2.45, 2.75) is 37.6 Å². The summed E-state index contributed by atoms with van der Waals surface area (Å²) in [6, 6.07) is 31.8. The predicted octanol–water partition coefficient (Wildman–Crippen LogP) is 6.73. The molecule has 0 fully saturated rings. The largest absolute Gasteiger partial charge is 0.494 e. The maximum absolute atomic E-state index is 14.5. The van der Waals surface area contributed by atoms with E-state index in [1.54, 1.807) is 18.2 Å². The van der Waals surface area contributed by atoms with E-state index in [0.717, 1.165) is 16.7 Å². The van der Waals surface area contributed by atoms with Crippen molar-refractivity contribution in [3.05, 3.63) is 146 Å². The topological polar surface area (TPSA) is 129 Å². The summed E-state index contributed by atoms with van der Waals surface area (Å²) in [6.45, 7) is 0.730. The molecule has 0 unspecified atom stereocenters. The molecule has 0 saturated heterocycles. The van der Waals surface area contributed by atoms with Crippen molar-refractivity contribution in [2.24, 2.45) is 10.1 Å². The van der Waals surface area contributed by atoms with Gasteiger partial charge >= 0.3 is 0 Å². The van der Waals surface area contributed by atoms with Gasteiger partial charge in [0.15, 0.2) is 11.6 Å². The van der Waals surface area contributed by atoms with E-state index in [1.807, 2.05) is 84.9 Å². The molecule has 1 heterocycles. The first-order valence-electron chi connectivity index (χ1n) is 14.3. The Hall–Kier alpha value is -4.82. The summed E-state index contributed by atoms with van der Waals surface area (Å²) in [6.07, 6.45) is -0.0662. The summed E-state index contributed by atoms with van der Waals surface area (Å²) in [5, 5.41) is 16.5. The third kappa shape index (κ3) is 7.03. The van der Waals surface area contributed by atoms with Gasteiger partial charge in [-0.25, -0.2) is 4.99 Å². The molecule has 0 spiro atoms. The third-order valence-electron chi connectivity index (χ3n) is 7.39. The lowest BCUT2D eigenvalue weighted by Crippen LogP contribution is -2.50. The lowest BCUT2D eigenvalue weighted by molar-refractivity contribution is -0.129. The molecule has 4 aromatic rings. The van der Waals surface area contributed by atoms with E-state index in [2.05, 4.69) is 15.3 Å². The fourth-order valence-electron chi connectivity index (χ4n) is 5.18. The standard InChI is InChI=1S/C34H32ClN5O4/c35-30-14-7-5-12-27(30)22-37-33(42)34(21-24-9-2-1-3-10-24)31(29-13-6-4-11-26(29)23-38-40-36)44-32(39-34)25-15-17-28(18-16-25)43-20-8-19-41/h1-7,9-18,31,41H,8,19-23H2,(H,37,42)/t31-,34-/m1/s1. The molecule has 2 N–H and O–H groups in total. The number of carbonyl (C=O) groups excluding carboxylic acids is 1. The van der Waals surface area contributed by atoms with Gasteiger partial charge in [-0.05, 0) is 58.1 Å². The monoisotopic (exact) mass is 609 g/mol. The van der Waals surface area contributed by atoms with E-state index >= 15 is 0 Å². The molecule has 224 valence electrons. The number of aliphatic hydroxyl groups excluding tert-OH is 1. The fraction of sp³-hybridized carbons (Fsp3) is 0.235. The van der Waals surface area contributed by atoms with Crippen LogP contribution in [0.2, 0.25) is 5.02 Å². The predicted molar refractivity (Wildman–Crippen MR) is 169 cm³/mol. The van der Waals surface area contributed by atoms with Crippen molar-refractivity contribution in [1.29, 1.82) is 0 Å². The molecule has 10 heteroatoms. The number of aliphatic imine (C=N–C) groups is 1. The molecule has 1 aliphatic heterocycles. The van der Waals surface area contributed by atoms with Crippen LogP contribution in [0, 0.1) is 0 Å². The molecule has 0 aromatic heterocycles. The van der Waals surface area contributed by atoms with E-state index in [0.29, 0.717) is 40.8 Å². The quantitative estimate of drug-likeness (QED) is 0.0753. The minimum atomic E-state index is -1.42. The first-order chi connectivity index (χ1) is 21.5. The molecule has 0 radical (unpaired) electrons. The van der Waals surface area contributed by atoms with Crippen LogP contribution >= 0.6 is 11.6 Å². The Kier molecular flexibility index (Phi) is 10.1. The van der Waals surface area contributed by atoms with Gasteiger partial charge in [0.1, 0.15) is 5.75 Å². The molecule has 5 rings (SSSR count). The summed E-state index contributed by atoms with van der Waals surface area (Å²) in [4.78, 5) is 22.5. The Morgan fingerprint density at radius 3 is 2.43 bits per heavy atom. The van der Waals surface area contributed by atoms with Gasteiger partial charge in [0, 0.05) is 41.5 Å². The van der Waals surface area contributed by atoms with Crippen LogP contribution in [0.1, 0.15) is 40.3 Å². The van der Waals surface area contributed by atoms with E-state index in [1.165, 1.54) is 0 Å². The van der Waals surface area contributed by atoms with Gasteiger partial charge in [-0.1, -0.05) is 89.5 Å². The zero-order valence-electron chi connectivity index (χ0n) is 24.0. The number of halogens is 1. The second kappa shape index (κ2) is 14.6. The van der Waals surface area contributed by atoms with E-state index < -0.39 is 11.6 Å². The summed E-state index contributed by atoms with van der Waals surface area (Å²) in [7, 11) is 0. The number of aliphatic hydroxyl groups is 1. The number of nitrogens with one attached hydrogen (secondary N) is 1. The third-order valence-corrected chi connectivity index (χ3v) is 7.75. The second-order valence-corrected chi connectivity index (χ2v) is 10.7. The number of azide groups is 1. The van der Waals surface area contributed by atoms with Crippen LogP contribution in [0.4, 0.5) is 0 Å². The smallest absolute Gasteiger partial charge is 0.252 e. The van der Waals surface area contributed by atoms with Crippen LogP contribution in [0.3, 0.4) is 0 Å². The molecule has 2 atom stereocenters. The Bertz CT molecular complexity index is 1660. The lowest BCUT2D eigenvalue weighted by Gasteiger charge is -2.32. The van der Waals surface area contributed by atoms with E-state index in [9.17, 15) is 4.79 Å². The Morgan fingerprint density at radius 2 is 1.70 bits per heavy atom. The molecule has 1 amide bonds. The highest BCUT2D eigenvalue weighted by Crippen LogP contribution is 2.44. The van der Waals surface area contributed by atoms with Crippen LogP contribution in [-0.2, 0) is 29.0 Å². The van der Waals surface area contributed by atoms with Crippen LogP contribution in [0.5, 0.6) is 5.75 Å². The molecule has 0 aliphatic carbocycles. The van der Waals surface area contributed by atoms with Gasteiger partial charge in [0.2, 0.25) is 5.90 Å². The number of rotatable bonds is 13. The molecule has 1 aliphatic rings. The number of carbonyl (C=O) groups is 1. The van der Waals surface area contributed by atoms with Gasteiger partial charge in [0.25, 0.3) is 5.91 Å². The highest BCUT2D eigenvalue weighted by molar-refractivity contribution is 6.31. The van der Waals surface area contributed by atoms with Crippen LogP contribution in [0.15, 0.2) is 113 Å². The van der Waals surface area contributed by atoms with Gasteiger partial charge in [0.05, 0.1) is 13.2 Å². The zero-order valence-corrected chi connectivity index (χ0v) is 24.7. The first kappa shape index (κ1) is 30.6. The van der Waals surface area contributed by atoms with Crippen molar-refractivity contribution < 1.29 is 19.4 Å². The summed E-state index contributed by atoms with van der Waals surface area (Å²) in [5.41, 5.74) is 11.4. The summed E-state index contributed by atoms with van der Waals surface area (Å²) < 4.78 is 12.3. The Balaban J connectivity index is 1.59. The maximum atomic E-state index is 14.5. The van der Waals surface area contributed by atoms with Gasteiger partial charge in [-0.2, -0.15) is 0 Å². The van der Waals surface area contributed by atoms with Gasteiger partial charge in [-0.15, -0.1) is 0 Å². The highest BCUT2D eigenvalue weighted by atomic mass is 35.5. The summed E-state index contributed by atoms with van der Waals surface area (Å²) >= 11 is 6.42. The van der Waals surface area contributed by atoms with E-state index in [4.69, 9.17) is 36.7 Å². The molecule has 44 heavy (non-hydrogen) atoms. The number of nitrogens with zero attached hydrogens (tertiary/aromatic N) is 4. The lowest BCUT2D eigenvalue weighted by atomic mass is 9.80. The average molecular weight is 610 g/mol. The normalized spacial score (nSPS) is 17.2. The molecule has 4 aromatic carbocycles. The average Bonchev–Trinajstić information content (AvgIpc) is 3.44.